The molecule has 8 nitrogen and oxygen atoms in total. The van der Waals surface area contributed by atoms with Crippen LogP contribution in [0.15, 0.2) is 0 Å². The minimum atomic E-state index is -0.818. The largest absolute Gasteiger partial charge is 0.335 e. The molecule has 134 valence electrons. The number of rotatable bonds is 7. The van der Waals surface area contributed by atoms with Crippen molar-refractivity contribution in [3.63, 3.8) is 0 Å². The van der Waals surface area contributed by atoms with Crippen molar-refractivity contribution in [2.75, 3.05) is 19.8 Å². The molecule has 0 bridgehead atoms. The zero-order chi connectivity index (χ0) is 18.4. The predicted octanol–water partition coefficient (Wildman–Crippen LogP) is 1.44. The van der Waals surface area contributed by atoms with Gasteiger partial charge in [0.1, 0.15) is 0 Å². The van der Waals surface area contributed by atoms with E-state index < -0.39 is 17.8 Å². The number of urea groups is 1. The molecular formula is C17H23N5O3. The summed E-state index contributed by atoms with van der Waals surface area (Å²) in [6, 6.07) is 3.21. The van der Waals surface area contributed by atoms with Crippen molar-refractivity contribution in [2.24, 2.45) is 5.92 Å². The number of hydrogen-bond donors (Lipinski definition) is 0. The first kappa shape index (κ1) is 18.9. The Labute approximate surface area is 147 Å². The number of nitrogens with zero attached hydrogens (tertiary/aromatic N) is 5. The summed E-state index contributed by atoms with van der Waals surface area (Å²) >= 11 is 0. The standard InChI is InChI=1S/C17H23N5O3/c1-13-6-2-3-7-14(13)22-16(24)15(23)21(17(22)25)12-20(10-4-8-18)11-5-9-19/h13-14H,2-7,10-12H2,1H3. The highest BCUT2D eigenvalue weighted by Crippen LogP contribution is 2.31. The van der Waals surface area contributed by atoms with E-state index in [9.17, 15) is 14.4 Å². The van der Waals surface area contributed by atoms with Gasteiger partial charge < -0.3 is 0 Å². The molecule has 1 aliphatic carbocycles. The number of amides is 4. The van der Waals surface area contributed by atoms with E-state index in [0.717, 1.165) is 35.5 Å². The van der Waals surface area contributed by atoms with Crippen LogP contribution >= 0.6 is 0 Å². The molecule has 1 saturated heterocycles. The average Bonchev–Trinajstić information content (AvgIpc) is 2.81. The van der Waals surface area contributed by atoms with Crippen molar-refractivity contribution >= 4 is 17.8 Å². The van der Waals surface area contributed by atoms with Gasteiger partial charge >= 0.3 is 17.8 Å². The van der Waals surface area contributed by atoms with Crippen LogP contribution in [0.2, 0.25) is 0 Å². The number of carbonyl (C=O) groups excluding carboxylic acids is 3. The van der Waals surface area contributed by atoms with Crippen LogP contribution in [-0.2, 0) is 9.59 Å². The summed E-state index contributed by atoms with van der Waals surface area (Å²) in [6.07, 6.45) is 4.12. The fourth-order valence-corrected chi connectivity index (χ4v) is 3.49. The smallest absolute Gasteiger partial charge is 0.283 e. The van der Waals surface area contributed by atoms with E-state index in [1.54, 1.807) is 4.90 Å². The lowest BCUT2D eigenvalue weighted by atomic mass is 9.85. The zero-order valence-electron chi connectivity index (χ0n) is 14.5. The van der Waals surface area contributed by atoms with Crippen LogP contribution in [0.4, 0.5) is 4.79 Å². The molecule has 2 aliphatic rings. The summed E-state index contributed by atoms with van der Waals surface area (Å²) in [7, 11) is 0. The van der Waals surface area contributed by atoms with Crippen molar-refractivity contribution in [3.8, 4) is 12.1 Å². The van der Waals surface area contributed by atoms with Gasteiger partial charge in [0.2, 0.25) is 0 Å². The molecule has 0 aromatic carbocycles. The van der Waals surface area contributed by atoms with Gasteiger partial charge in [0.25, 0.3) is 0 Å². The van der Waals surface area contributed by atoms with Gasteiger partial charge in [-0.25, -0.2) is 9.69 Å². The topological polar surface area (TPSA) is 109 Å². The minimum Gasteiger partial charge on any atom is -0.283 e. The Morgan fingerprint density at radius 3 is 2.20 bits per heavy atom. The van der Waals surface area contributed by atoms with Crippen molar-refractivity contribution in [1.29, 1.82) is 10.5 Å². The fraction of sp³-hybridized carbons (Fsp3) is 0.706. The summed E-state index contributed by atoms with van der Waals surface area (Å²) in [5, 5.41) is 17.5. The SMILES string of the molecule is CC1CCCCC1N1C(=O)C(=O)N(CN(CCC#N)CCC#N)C1=O. The zero-order valence-corrected chi connectivity index (χ0v) is 14.5. The van der Waals surface area contributed by atoms with Gasteiger partial charge in [0.15, 0.2) is 0 Å². The molecule has 1 heterocycles. The maximum absolute atomic E-state index is 12.7. The third-order valence-corrected chi connectivity index (χ3v) is 4.90. The van der Waals surface area contributed by atoms with E-state index in [4.69, 9.17) is 10.5 Å². The predicted molar refractivity (Wildman–Crippen MR) is 87.4 cm³/mol. The van der Waals surface area contributed by atoms with Gasteiger partial charge in [0.05, 0.1) is 18.8 Å². The highest BCUT2D eigenvalue weighted by Gasteiger charge is 2.49. The Morgan fingerprint density at radius 1 is 1.04 bits per heavy atom. The normalized spacial score (nSPS) is 23.9. The van der Waals surface area contributed by atoms with Crippen molar-refractivity contribution < 1.29 is 14.4 Å². The summed E-state index contributed by atoms with van der Waals surface area (Å²) in [5.74, 6) is -1.39. The van der Waals surface area contributed by atoms with Gasteiger partial charge in [-0.3, -0.25) is 19.4 Å². The van der Waals surface area contributed by atoms with Crippen LogP contribution in [0.3, 0.4) is 0 Å². The molecule has 4 amide bonds. The second kappa shape index (κ2) is 8.59. The molecule has 2 fully saturated rings. The van der Waals surface area contributed by atoms with E-state index in [1.165, 1.54) is 0 Å². The minimum absolute atomic E-state index is 0.0651. The second-order valence-electron chi connectivity index (χ2n) is 6.60. The third-order valence-electron chi connectivity index (χ3n) is 4.90. The fourth-order valence-electron chi connectivity index (χ4n) is 3.49. The molecule has 0 aromatic heterocycles. The highest BCUT2D eigenvalue weighted by atomic mass is 16.2. The van der Waals surface area contributed by atoms with Gasteiger partial charge in [-0.15, -0.1) is 0 Å². The van der Waals surface area contributed by atoms with Crippen LogP contribution in [0.5, 0.6) is 0 Å². The number of hydrogen-bond acceptors (Lipinski definition) is 6. The van der Waals surface area contributed by atoms with Gasteiger partial charge in [0, 0.05) is 32.0 Å². The monoisotopic (exact) mass is 345 g/mol. The first-order valence-corrected chi connectivity index (χ1v) is 8.66. The number of imide groups is 2. The summed E-state index contributed by atoms with van der Waals surface area (Å²) in [5.41, 5.74) is 0. The first-order chi connectivity index (χ1) is 12.0. The Bertz CT molecular complexity index is 603. The lowest BCUT2D eigenvalue weighted by Gasteiger charge is -2.34. The van der Waals surface area contributed by atoms with Crippen LogP contribution < -0.4 is 0 Å². The molecule has 0 spiro atoms. The number of carbonyl (C=O) groups is 3. The summed E-state index contributed by atoms with van der Waals surface area (Å²) in [4.78, 5) is 41.1. The molecule has 25 heavy (non-hydrogen) atoms. The van der Waals surface area contributed by atoms with Crippen molar-refractivity contribution in [1.82, 2.24) is 14.7 Å². The summed E-state index contributed by atoms with van der Waals surface area (Å²) in [6.45, 7) is 2.61. The molecule has 2 atom stereocenters. The lowest BCUT2D eigenvalue weighted by Crippen LogP contribution is -2.47. The lowest BCUT2D eigenvalue weighted by molar-refractivity contribution is -0.145. The average molecular weight is 345 g/mol. The Hall–Kier alpha value is -2.45. The molecule has 0 aromatic rings. The molecule has 2 unspecified atom stereocenters. The molecule has 1 aliphatic heterocycles. The van der Waals surface area contributed by atoms with E-state index in [2.05, 4.69) is 0 Å². The highest BCUT2D eigenvalue weighted by molar-refractivity contribution is 6.44. The van der Waals surface area contributed by atoms with E-state index in [0.29, 0.717) is 13.1 Å². The Balaban J connectivity index is 2.11. The molecule has 0 radical (unpaired) electrons. The van der Waals surface area contributed by atoms with E-state index >= 15 is 0 Å². The van der Waals surface area contributed by atoms with Crippen LogP contribution in [0.1, 0.15) is 45.4 Å². The quantitative estimate of drug-likeness (QED) is 0.510. The van der Waals surface area contributed by atoms with Crippen LogP contribution in [0, 0.1) is 28.6 Å². The van der Waals surface area contributed by atoms with Crippen molar-refractivity contribution in [3.05, 3.63) is 0 Å². The Kier molecular flexibility index (Phi) is 6.49. The van der Waals surface area contributed by atoms with Crippen molar-refractivity contribution in [2.45, 2.75) is 51.5 Å². The van der Waals surface area contributed by atoms with Gasteiger partial charge in [-0.1, -0.05) is 19.8 Å². The molecular weight excluding hydrogens is 322 g/mol. The molecule has 1 saturated carbocycles. The summed E-state index contributed by atoms with van der Waals surface area (Å²) < 4.78 is 0. The van der Waals surface area contributed by atoms with Crippen LogP contribution in [-0.4, -0.2) is 58.3 Å². The first-order valence-electron chi connectivity index (χ1n) is 8.66. The van der Waals surface area contributed by atoms with Gasteiger partial charge in [-0.2, -0.15) is 10.5 Å². The molecule has 2 rings (SSSR count). The molecule has 0 N–H and O–H groups in total. The van der Waals surface area contributed by atoms with E-state index in [1.807, 2.05) is 19.1 Å². The van der Waals surface area contributed by atoms with E-state index in [-0.39, 0.29) is 31.5 Å². The third kappa shape index (κ3) is 4.15. The molecule has 8 heteroatoms. The maximum atomic E-state index is 12.7. The van der Waals surface area contributed by atoms with Gasteiger partial charge in [-0.05, 0) is 18.8 Å². The number of nitriles is 2. The van der Waals surface area contributed by atoms with Crippen LogP contribution in [0.25, 0.3) is 0 Å². The maximum Gasteiger partial charge on any atom is 0.335 e. The Morgan fingerprint density at radius 2 is 1.64 bits per heavy atom. The second-order valence-corrected chi connectivity index (χ2v) is 6.60.